The quantitative estimate of drug-likeness (QED) is 0.310. The number of fused-ring (bicyclic) bond motifs is 5. The van der Waals surface area contributed by atoms with Gasteiger partial charge in [0.05, 0.1) is 16.7 Å². The van der Waals surface area contributed by atoms with Gasteiger partial charge in [0.1, 0.15) is 11.0 Å². The Balaban J connectivity index is 1.41. The van der Waals surface area contributed by atoms with Crippen LogP contribution in [0.4, 0.5) is 0 Å². The Morgan fingerprint density at radius 3 is 1.82 bits per heavy atom. The highest BCUT2D eigenvalue weighted by atomic mass is 16.1. The third kappa shape index (κ3) is 2.70. The van der Waals surface area contributed by atoms with E-state index in [-0.39, 0.29) is 5.43 Å². The molecule has 5 nitrogen and oxygen atoms in total. The Kier molecular flexibility index (Phi) is 3.93. The summed E-state index contributed by atoms with van der Waals surface area (Å²) < 4.78 is 2.14. The fraction of sp³-hybridized carbons (Fsp3) is 0. The van der Waals surface area contributed by atoms with E-state index in [1.54, 1.807) is 4.80 Å². The largest absolute Gasteiger partial charge is 0.309 e. The second-order valence-electron chi connectivity index (χ2n) is 8.36. The molecular formula is C29H18N4O. The Labute approximate surface area is 194 Å². The van der Waals surface area contributed by atoms with Gasteiger partial charge in [-0.2, -0.15) is 4.80 Å². The van der Waals surface area contributed by atoms with Crippen molar-refractivity contribution in [2.24, 2.45) is 0 Å². The van der Waals surface area contributed by atoms with Crippen LogP contribution in [0.25, 0.3) is 55.0 Å². The van der Waals surface area contributed by atoms with Gasteiger partial charge in [0, 0.05) is 21.8 Å². The summed E-state index contributed by atoms with van der Waals surface area (Å²) >= 11 is 0. The Hall–Kier alpha value is -4.77. The molecule has 0 amide bonds. The summed E-state index contributed by atoms with van der Waals surface area (Å²) in [5, 5.41) is 13.1. The second kappa shape index (κ2) is 7.12. The van der Waals surface area contributed by atoms with Crippen molar-refractivity contribution in [3.05, 3.63) is 119 Å². The first kappa shape index (κ1) is 18.8. The summed E-state index contributed by atoms with van der Waals surface area (Å²) in [7, 11) is 0. The van der Waals surface area contributed by atoms with Crippen LogP contribution >= 0.6 is 0 Å². The molecule has 0 fully saturated rings. The highest BCUT2D eigenvalue weighted by Crippen LogP contribution is 2.26. The van der Waals surface area contributed by atoms with Crippen LogP contribution in [0, 0.1) is 0 Å². The molecule has 5 heteroatoms. The van der Waals surface area contributed by atoms with Gasteiger partial charge in [-0.25, -0.2) is 0 Å². The molecule has 0 saturated carbocycles. The number of aromatic nitrogens is 4. The van der Waals surface area contributed by atoms with E-state index in [4.69, 9.17) is 10.2 Å². The Bertz CT molecular complexity index is 1870. The van der Waals surface area contributed by atoms with Crippen LogP contribution in [0.3, 0.4) is 0 Å². The molecule has 7 aromatic rings. The summed E-state index contributed by atoms with van der Waals surface area (Å²) in [6, 6.07) is 35.9. The SMILES string of the molecule is O=c1c2ccccc2n(-c2ccc(-n3nc4ccc5ccccc5c4n3)cc2)c2ccccc12. The highest BCUT2D eigenvalue weighted by molar-refractivity contribution is 6.03. The van der Waals surface area contributed by atoms with Crippen LogP contribution in [0.2, 0.25) is 0 Å². The molecule has 0 atom stereocenters. The minimum atomic E-state index is 0.0544. The molecule has 0 saturated heterocycles. The summed E-state index contributed by atoms with van der Waals surface area (Å²) in [5.74, 6) is 0. The minimum absolute atomic E-state index is 0.0544. The predicted molar refractivity (Wildman–Crippen MR) is 137 cm³/mol. The van der Waals surface area contributed by atoms with Gasteiger partial charge in [-0.15, -0.1) is 10.2 Å². The lowest BCUT2D eigenvalue weighted by atomic mass is 10.1. The number of hydrogen-bond acceptors (Lipinski definition) is 3. The lowest BCUT2D eigenvalue weighted by molar-refractivity contribution is 0.766. The third-order valence-corrected chi connectivity index (χ3v) is 6.39. The van der Waals surface area contributed by atoms with E-state index < -0.39 is 0 Å². The van der Waals surface area contributed by atoms with Gasteiger partial charge in [0.2, 0.25) is 0 Å². The summed E-state index contributed by atoms with van der Waals surface area (Å²) in [6.07, 6.45) is 0. The molecule has 5 aromatic carbocycles. The number of para-hydroxylation sites is 2. The molecule has 0 N–H and O–H groups in total. The van der Waals surface area contributed by atoms with Crippen LogP contribution in [-0.2, 0) is 0 Å². The van der Waals surface area contributed by atoms with E-state index in [1.165, 1.54) is 0 Å². The summed E-state index contributed by atoms with van der Waals surface area (Å²) in [5.41, 5.74) is 5.41. The lowest BCUT2D eigenvalue weighted by Gasteiger charge is -2.15. The zero-order valence-corrected chi connectivity index (χ0v) is 18.1. The van der Waals surface area contributed by atoms with Crippen LogP contribution in [0.5, 0.6) is 0 Å². The van der Waals surface area contributed by atoms with Crippen molar-refractivity contribution in [1.82, 2.24) is 19.6 Å². The zero-order valence-electron chi connectivity index (χ0n) is 18.1. The van der Waals surface area contributed by atoms with Crippen molar-refractivity contribution in [3.8, 4) is 11.4 Å². The average molecular weight is 438 g/mol. The van der Waals surface area contributed by atoms with Gasteiger partial charge in [-0.05, 0) is 60.0 Å². The maximum absolute atomic E-state index is 13.1. The van der Waals surface area contributed by atoms with E-state index in [2.05, 4.69) is 22.8 Å². The molecule has 34 heavy (non-hydrogen) atoms. The maximum atomic E-state index is 13.1. The zero-order chi connectivity index (χ0) is 22.6. The van der Waals surface area contributed by atoms with E-state index in [0.717, 1.165) is 44.2 Å². The highest BCUT2D eigenvalue weighted by Gasteiger charge is 2.13. The van der Waals surface area contributed by atoms with Crippen molar-refractivity contribution >= 4 is 43.6 Å². The molecule has 0 spiro atoms. The maximum Gasteiger partial charge on any atom is 0.197 e. The number of pyridine rings is 1. The topological polar surface area (TPSA) is 52.7 Å². The molecule has 2 aromatic heterocycles. The second-order valence-corrected chi connectivity index (χ2v) is 8.36. The van der Waals surface area contributed by atoms with Crippen molar-refractivity contribution in [1.29, 1.82) is 0 Å². The molecule has 0 radical (unpaired) electrons. The van der Waals surface area contributed by atoms with Crippen molar-refractivity contribution in [2.75, 3.05) is 0 Å². The van der Waals surface area contributed by atoms with Crippen LogP contribution in [0.15, 0.2) is 114 Å². The van der Waals surface area contributed by atoms with Crippen molar-refractivity contribution in [3.63, 3.8) is 0 Å². The Morgan fingerprint density at radius 1 is 0.529 bits per heavy atom. The number of nitrogens with zero attached hydrogens (tertiary/aromatic N) is 4. The molecular weight excluding hydrogens is 420 g/mol. The van der Waals surface area contributed by atoms with Crippen LogP contribution < -0.4 is 5.43 Å². The first-order valence-corrected chi connectivity index (χ1v) is 11.2. The molecule has 0 aliphatic rings. The van der Waals surface area contributed by atoms with Gasteiger partial charge in [-0.1, -0.05) is 54.6 Å². The van der Waals surface area contributed by atoms with E-state index in [0.29, 0.717) is 10.8 Å². The monoisotopic (exact) mass is 438 g/mol. The van der Waals surface area contributed by atoms with Gasteiger partial charge >= 0.3 is 0 Å². The van der Waals surface area contributed by atoms with Gasteiger partial charge < -0.3 is 4.57 Å². The van der Waals surface area contributed by atoms with Gasteiger partial charge in [0.15, 0.2) is 5.43 Å². The first-order valence-electron chi connectivity index (χ1n) is 11.2. The number of hydrogen-bond donors (Lipinski definition) is 0. The third-order valence-electron chi connectivity index (χ3n) is 6.39. The van der Waals surface area contributed by atoms with Crippen LogP contribution in [-0.4, -0.2) is 19.6 Å². The van der Waals surface area contributed by atoms with Gasteiger partial charge in [0.25, 0.3) is 0 Å². The molecule has 0 unspecified atom stereocenters. The average Bonchev–Trinajstić information content (AvgIpc) is 3.34. The molecule has 0 aliphatic heterocycles. The van der Waals surface area contributed by atoms with Gasteiger partial charge in [-0.3, -0.25) is 4.79 Å². The molecule has 160 valence electrons. The van der Waals surface area contributed by atoms with E-state index >= 15 is 0 Å². The standard InChI is InChI=1S/C29H18N4O/c34-29-23-9-3-5-11-26(23)32(27-12-6-4-10-24(27)29)20-14-16-21(17-15-20)33-30-25-18-13-19-7-1-2-8-22(19)28(25)31-33/h1-18H. The predicted octanol–water partition coefficient (Wildman–Crippen LogP) is 6.03. The van der Waals surface area contributed by atoms with Crippen molar-refractivity contribution < 1.29 is 0 Å². The summed E-state index contributed by atoms with van der Waals surface area (Å²) in [4.78, 5) is 14.7. The number of benzene rings is 5. The minimum Gasteiger partial charge on any atom is -0.309 e. The van der Waals surface area contributed by atoms with E-state index in [1.807, 2.05) is 91.0 Å². The molecule has 7 rings (SSSR count). The summed E-state index contributed by atoms with van der Waals surface area (Å²) in [6.45, 7) is 0. The smallest absolute Gasteiger partial charge is 0.197 e. The molecule has 2 heterocycles. The normalized spacial score (nSPS) is 11.6. The fourth-order valence-corrected chi connectivity index (χ4v) is 4.77. The molecule has 0 bridgehead atoms. The van der Waals surface area contributed by atoms with Crippen LogP contribution in [0.1, 0.15) is 0 Å². The number of rotatable bonds is 2. The molecule has 0 aliphatic carbocycles. The fourth-order valence-electron chi connectivity index (χ4n) is 4.77. The Morgan fingerprint density at radius 2 is 1.12 bits per heavy atom. The lowest BCUT2D eigenvalue weighted by Crippen LogP contribution is -2.10. The first-order chi connectivity index (χ1) is 16.8. The van der Waals surface area contributed by atoms with Crippen molar-refractivity contribution in [2.45, 2.75) is 0 Å². The van der Waals surface area contributed by atoms with E-state index in [9.17, 15) is 4.79 Å².